The van der Waals surface area contributed by atoms with Crippen LogP contribution in [0, 0.1) is 0 Å². The lowest BCUT2D eigenvalue weighted by Crippen LogP contribution is -2.03. The molecule has 0 N–H and O–H groups in total. The van der Waals surface area contributed by atoms with Crippen molar-refractivity contribution in [2.24, 2.45) is 0 Å². The minimum Gasteiger partial charge on any atom is -0.493 e. The van der Waals surface area contributed by atoms with E-state index in [2.05, 4.69) is 20.7 Å². The smallest absolute Gasteiger partial charge is 0.387 e. The van der Waals surface area contributed by atoms with Crippen LogP contribution in [0.15, 0.2) is 53.0 Å². The van der Waals surface area contributed by atoms with Gasteiger partial charge in [-0.15, -0.1) is 0 Å². The molecule has 6 heteroatoms. The third-order valence-corrected chi connectivity index (χ3v) is 3.66. The maximum absolute atomic E-state index is 12.3. The standard InChI is InChI=1S/C17H13BrF2O3/c1-22-16-10-11(7-9-15(16)23-17(19)20)6-8-14(21)12-4-2-3-5-13(12)18/h2-10,17H,1H3/b8-6+. The quantitative estimate of drug-likeness (QED) is 0.523. The molecule has 0 aliphatic heterocycles. The lowest BCUT2D eigenvalue weighted by molar-refractivity contribution is -0.0512. The van der Waals surface area contributed by atoms with Crippen LogP contribution < -0.4 is 9.47 Å². The van der Waals surface area contributed by atoms with Crippen molar-refractivity contribution in [1.29, 1.82) is 0 Å². The number of halogens is 3. The number of ether oxygens (including phenoxy) is 2. The van der Waals surface area contributed by atoms with Gasteiger partial charge in [-0.25, -0.2) is 0 Å². The van der Waals surface area contributed by atoms with E-state index in [-0.39, 0.29) is 17.3 Å². The zero-order valence-corrected chi connectivity index (χ0v) is 13.7. The van der Waals surface area contributed by atoms with Gasteiger partial charge in [0.1, 0.15) is 0 Å². The molecule has 2 rings (SSSR count). The van der Waals surface area contributed by atoms with Crippen molar-refractivity contribution in [3.8, 4) is 11.5 Å². The Bertz CT molecular complexity index is 730. The van der Waals surface area contributed by atoms with Gasteiger partial charge in [0.2, 0.25) is 0 Å². The van der Waals surface area contributed by atoms with Crippen molar-refractivity contribution >= 4 is 27.8 Å². The maximum Gasteiger partial charge on any atom is 0.387 e. The van der Waals surface area contributed by atoms with Crippen LogP contribution in [0.1, 0.15) is 15.9 Å². The van der Waals surface area contributed by atoms with Gasteiger partial charge in [-0.3, -0.25) is 4.79 Å². The molecule has 0 heterocycles. The normalized spacial score (nSPS) is 11.0. The van der Waals surface area contributed by atoms with Crippen molar-refractivity contribution in [3.05, 3.63) is 64.1 Å². The summed E-state index contributed by atoms with van der Waals surface area (Å²) in [7, 11) is 1.35. The second-order valence-electron chi connectivity index (χ2n) is 4.47. The Morgan fingerprint density at radius 1 is 1.17 bits per heavy atom. The number of benzene rings is 2. The Balaban J connectivity index is 2.19. The Hall–Kier alpha value is -2.21. The summed E-state index contributed by atoms with van der Waals surface area (Å²) in [6.07, 6.45) is 2.99. The number of carbonyl (C=O) groups excluding carboxylic acids is 1. The van der Waals surface area contributed by atoms with E-state index in [0.717, 1.165) is 0 Å². The summed E-state index contributed by atoms with van der Waals surface area (Å²) in [6, 6.07) is 11.5. The highest BCUT2D eigenvalue weighted by molar-refractivity contribution is 9.10. The molecular weight excluding hydrogens is 370 g/mol. The largest absolute Gasteiger partial charge is 0.493 e. The number of alkyl halides is 2. The van der Waals surface area contributed by atoms with Gasteiger partial charge >= 0.3 is 6.61 Å². The molecule has 2 aromatic carbocycles. The van der Waals surface area contributed by atoms with Crippen molar-refractivity contribution < 1.29 is 23.0 Å². The van der Waals surface area contributed by atoms with Gasteiger partial charge in [0.25, 0.3) is 0 Å². The maximum atomic E-state index is 12.3. The SMILES string of the molecule is COc1cc(/C=C/C(=O)c2ccccc2Br)ccc1OC(F)F. The molecule has 0 saturated carbocycles. The van der Waals surface area contributed by atoms with E-state index < -0.39 is 6.61 Å². The minimum absolute atomic E-state index is 0.0585. The molecule has 0 fully saturated rings. The van der Waals surface area contributed by atoms with E-state index in [4.69, 9.17) is 4.74 Å². The summed E-state index contributed by atoms with van der Waals surface area (Å²) < 4.78 is 34.6. The summed E-state index contributed by atoms with van der Waals surface area (Å²) in [5.74, 6) is -0.0677. The average Bonchev–Trinajstić information content (AvgIpc) is 2.53. The van der Waals surface area contributed by atoms with Crippen LogP contribution in [0.5, 0.6) is 11.5 Å². The van der Waals surface area contributed by atoms with Gasteiger partial charge in [0, 0.05) is 10.0 Å². The molecule has 0 aliphatic rings. The first-order chi connectivity index (χ1) is 11.0. The minimum atomic E-state index is -2.93. The van der Waals surface area contributed by atoms with Gasteiger partial charge in [-0.2, -0.15) is 8.78 Å². The van der Waals surface area contributed by atoms with Gasteiger partial charge in [0.15, 0.2) is 17.3 Å². The summed E-state index contributed by atoms with van der Waals surface area (Å²) in [6.45, 7) is -2.93. The predicted molar refractivity (Wildman–Crippen MR) is 87.1 cm³/mol. The van der Waals surface area contributed by atoms with E-state index in [1.54, 1.807) is 30.3 Å². The van der Waals surface area contributed by atoms with Gasteiger partial charge < -0.3 is 9.47 Å². The fourth-order valence-corrected chi connectivity index (χ4v) is 2.38. The lowest BCUT2D eigenvalue weighted by atomic mass is 10.1. The van der Waals surface area contributed by atoms with Crippen LogP contribution in [-0.2, 0) is 0 Å². The fraction of sp³-hybridized carbons (Fsp3) is 0.118. The monoisotopic (exact) mass is 382 g/mol. The van der Waals surface area contributed by atoms with Crippen LogP contribution in [0.25, 0.3) is 6.08 Å². The first-order valence-corrected chi connectivity index (χ1v) is 7.40. The first-order valence-electron chi connectivity index (χ1n) is 6.61. The molecule has 0 bridgehead atoms. The highest BCUT2D eigenvalue weighted by atomic mass is 79.9. The Kier molecular flexibility index (Phi) is 5.87. The van der Waals surface area contributed by atoms with Crippen LogP contribution in [0.3, 0.4) is 0 Å². The number of carbonyl (C=O) groups is 1. The fourth-order valence-electron chi connectivity index (χ4n) is 1.90. The number of hydrogen-bond acceptors (Lipinski definition) is 3. The third kappa shape index (κ3) is 4.63. The molecule has 120 valence electrons. The zero-order chi connectivity index (χ0) is 16.8. The summed E-state index contributed by atoms with van der Waals surface area (Å²) >= 11 is 3.32. The van der Waals surface area contributed by atoms with Crippen LogP contribution in [0.2, 0.25) is 0 Å². The predicted octanol–water partition coefficient (Wildman–Crippen LogP) is 4.96. The molecule has 0 unspecified atom stereocenters. The van der Waals surface area contributed by atoms with E-state index in [0.29, 0.717) is 15.6 Å². The first kappa shape index (κ1) is 17.1. The average molecular weight is 383 g/mol. The topological polar surface area (TPSA) is 35.5 Å². The van der Waals surface area contributed by atoms with Crippen molar-refractivity contribution in [2.75, 3.05) is 7.11 Å². The highest BCUT2D eigenvalue weighted by Crippen LogP contribution is 2.30. The van der Waals surface area contributed by atoms with E-state index in [1.165, 1.54) is 25.3 Å². The Morgan fingerprint density at radius 3 is 2.57 bits per heavy atom. The molecule has 2 aromatic rings. The van der Waals surface area contributed by atoms with Crippen LogP contribution >= 0.6 is 15.9 Å². The highest BCUT2D eigenvalue weighted by Gasteiger charge is 2.11. The van der Waals surface area contributed by atoms with E-state index in [9.17, 15) is 13.6 Å². The van der Waals surface area contributed by atoms with E-state index >= 15 is 0 Å². The number of ketones is 1. The van der Waals surface area contributed by atoms with Gasteiger partial charge in [-0.1, -0.05) is 40.2 Å². The molecular formula is C17H13BrF2O3. The summed E-state index contributed by atoms with van der Waals surface area (Å²) in [4.78, 5) is 12.1. The number of rotatable bonds is 6. The molecule has 3 nitrogen and oxygen atoms in total. The molecule has 0 amide bonds. The number of methoxy groups -OCH3 is 1. The second kappa shape index (κ2) is 7.87. The van der Waals surface area contributed by atoms with Crippen molar-refractivity contribution in [3.63, 3.8) is 0 Å². The molecule has 0 aromatic heterocycles. The molecule has 0 atom stereocenters. The van der Waals surface area contributed by atoms with Gasteiger partial charge in [-0.05, 0) is 35.9 Å². The van der Waals surface area contributed by atoms with E-state index in [1.807, 2.05) is 6.07 Å². The van der Waals surface area contributed by atoms with Crippen LogP contribution in [0.4, 0.5) is 8.78 Å². The molecule has 0 aliphatic carbocycles. The molecule has 23 heavy (non-hydrogen) atoms. The zero-order valence-electron chi connectivity index (χ0n) is 12.1. The number of hydrogen-bond donors (Lipinski definition) is 0. The molecule has 0 spiro atoms. The lowest BCUT2D eigenvalue weighted by Gasteiger charge is -2.10. The Labute approximate surface area is 140 Å². The molecule has 0 radical (unpaired) electrons. The van der Waals surface area contributed by atoms with Crippen molar-refractivity contribution in [2.45, 2.75) is 6.61 Å². The Morgan fingerprint density at radius 2 is 1.91 bits per heavy atom. The van der Waals surface area contributed by atoms with Gasteiger partial charge in [0.05, 0.1) is 7.11 Å². The number of allylic oxidation sites excluding steroid dienone is 1. The summed E-state index contributed by atoms with van der Waals surface area (Å²) in [5.41, 5.74) is 1.16. The second-order valence-corrected chi connectivity index (χ2v) is 5.32. The summed E-state index contributed by atoms with van der Waals surface area (Å²) in [5, 5.41) is 0. The third-order valence-electron chi connectivity index (χ3n) is 2.97. The van der Waals surface area contributed by atoms with Crippen LogP contribution in [-0.4, -0.2) is 19.5 Å². The molecule has 0 saturated heterocycles. The van der Waals surface area contributed by atoms with Crippen molar-refractivity contribution in [1.82, 2.24) is 0 Å².